The van der Waals surface area contributed by atoms with E-state index in [2.05, 4.69) is 5.32 Å². The minimum atomic E-state index is -0.314. The van der Waals surface area contributed by atoms with E-state index in [0.717, 1.165) is 25.7 Å². The van der Waals surface area contributed by atoms with E-state index in [4.69, 9.17) is 4.74 Å². The molecule has 0 radical (unpaired) electrons. The SMILES string of the molecule is CCOC(=O)CCN(C(=O)NC1CCCCC1)C(CC)CO. The van der Waals surface area contributed by atoms with Crippen molar-refractivity contribution >= 4 is 12.0 Å². The van der Waals surface area contributed by atoms with Crippen LogP contribution in [0.5, 0.6) is 0 Å². The van der Waals surface area contributed by atoms with Crippen LogP contribution in [0.15, 0.2) is 0 Å². The van der Waals surface area contributed by atoms with Crippen LogP contribution >= 0.6 is 0 Å². The second kappa shape index (κ2) is 10.4. The summed E-state index contributed by atoms with van der Waals surface area (Å²) >= 11 is 0. The first kappa shape index (κ1) is 18.7. The van der Waals surface area contributed by atoms with Crippen LogP contribution in [-0.2, 0) is 9.53 Å². The highest BCUT2D eigenvalue weighted by atomic mass is 16.5. The Hall–Kier alpha value is -1.30. The van der Waals surface area contributed by atoms with Gasteiger partial charge in [0.2, 0.25) is 0 Å². The van der Waals surface area contributed by atoms with E-state index in [-0.39, 0.29) is 43.7 Å². The van der Waals surface area contributed by atoms with Gasteiger partial charge in [0.25, 0.3) is 0 Å². The highest BCUT2D eigenvalue weighted by Crippen LogP contribution is 2.18. The number of aliphatic hydroxyl groups excluding tert-OH is 1. The van der Waals surface area contributed by atoms with E-state index in [1.54, 1.807) is 11.8 Å². The van der Waals surface area contributed by atoms with Crippen LogP contribution in [0.25, 0.3) is 0 Å². The molecule has 0 bridgehead atoms. The number of amides is 2. The van der Waals surface area contributed by atoms with Gasteiger partial charge in [0, 0.05) is 12.6 Å². The van der Waals surface area contributed by atoms with Crippen LogP contribution in [0.3, 0.4) is 0 Å². The number of aliphatic hydroxyl groups is 1. The minimum absolute atomic E-state index is 0.0998. The molecule has 0 aliphatic heterocycles. The molecule has 1 rings (SSSR count). The first-order valence-corrected chi connectivity index (χ1v) is 8.45. The second-order valence-electron chi connectivity index (χ2n) is 5.78. The number of hydrogen-bond acceptors (Lipinski definition) is 4. The highest BCUT2D eigenvalue weighted by molar-refractivity contribution is 5.76. The molecule has 6 heteroatoms. The zero-order valence-electron chi connectivity index (χ0n) is 13.8. The summed E-state index contributed by atoms with van der Waals surface area (Å²) in [6.45, 7) is 4.19. The molecule has 1 aliphatic carbocycles. The summed E-state index contributed by atoms with van der Waals surface area (Å²) < 4.78 is 4.91. The number of esters is 1. The Morgan fingerprint density at radius 1 is 1.27 bits per heavy atom. The number of ether oxygens (including phenoxy) is 1. The van der Waals surface area contributed by atoms with Gasteiger partial charge in [-0.3, -0.25) is 4.79 Å². The van der Waals surface area contributed by atoms with Crippen molar-refractivity contribution in [2.75, 3.05) is 19.8 Å². The lowest BCUT2D eigenvalue weighted by Gasteiger charge is -2.32. The maximum atomic E-state index is 12.5. The van der Waals surface area contributed by atoms with Crippen LogP contribution in [0.2, 0.25) is 0 Å². The molecule has 0 spiro atoms. The molecule has 1 fully saturated rings. The van der Waals surface area contributed by atoms with Crippen LogP contribution in [0.1, 0.15) is 58.8 Å². The third-order valence-corrected chi connectivity index (χ3v) is 4.18. The van der Waals surface area contributed by atoms with Crippen LogP contribution in [-0.4, -0.2) is 53.8 Å². The van der Waals surface area contributed by atoms with Crippen LogP contribution < -0.4 is 5.32 Å². The van der Waals surface area contributed by atoms with Crippen molar-refractivity contribution in [3.8, 4) is 0 Å². The maximum Gasteiger partial charge on any atom is 0.317 e. The quantitative estimate of drug-likeness (QED) is 0.672. The number of urea groups is 1. The third-order valence-electron chi connectivity index (χ3n) is 4.18. The number of carbonyl (C=O) groups is 2. The molecule has 1 atom stereocenters. The standard InChI is InChI=1S/C16H30N2O4/c1-3-14(12-19)18(11-10-15(20)22-4-2)16(21)17-13-8-6-5-7-9-13/h13-14,19H,3-12H2,1-2H3,(H,17,21). The van der Waals surface area contributed by atoms with Gasteiger partial charge in [-0.25, -0.2) is 4.79 Å². The van der Waals surface area contributed by atoms with E-state index >= 15 is 0 Å². The fourth-order valence-corrected chi connectivity index (χ4v) is 2.85. The van der Waals surface area contributed by atoms with E-state index in [1.165, 1.54) is 6.42 Å². The predicted molar refractivity (Wildman–Crippen MR) is 84.5 cm³/mol. The molecule has 2 amide bonds. The Morgan fingerprint density at radius 3 is 2.50 bits per heavy atom. The van der Waals surface area contributed by atoms with Gasteiger partial charge in [-0.15, -0.1) is 0 Å². The maximum absolute atomic E-state index is 12.5. The third kappa shape index (κ3) is 6.22. The summed E-state index contributed by atoms with van der Waals surface area (Å²) in [6.07, 6.45) is 6.34. The summed E-state index contributed by atoms with van der Waals surface area (Å²) in [5, 5.41) is 12.5. The Morgan fingerprint density at radius 2 is 1.95 bits per heavy atom. The number of nitrogens with one attached hydrogen (secondary N) is 1. The molecule has 1 unspecified atom stereocenters. The van der Waals surface area contributed by atoms with Gasteiger partial charge in [0.15, 0.2) is 0 Å². The molecule has 0 heterocycles. The van der Waals surface area contributed by atoms with Crippen LogP contribution in [0.4, 0.5) is 4.79 Å². The molecule has 1 saturated carbocycles. The second-order valence-corrected chi connectivity index (χ2v) is 5.78. The monoisotopic (exact) mass is 314 g/mol. The summed E-state index contributed by atoms with van der Waals surface area (Å²) in [5.41, 5.74) is 0. The molecular formula is C16H30N2O4. The lowest BCUT2D eigenvalue weighted by atomic mass is 9.96. The van der Waals surface area contributed by atoms with Gasteiger partial charge >= 0.3 is 12.0 Å². The smallest absolute Gasteiger partial charge is 0.317 e. The summed E-state index contributed by atoms with van der Waals surface area (Å²) in [7, 11) is 0. The molecule has 0 saturated heterocycles. The van der Waals surface area contributed by atoms with Crippen LogP contribution in [0, 0.1) is 0 Å². The van der Waals surface area contributed by atoms with E-state index < -0.39 is 0 Å². The molecule has 128 valence electrons. The van der Waals surface area contributed by atoms with Gasteiger partial charge in [-0.1, -0.05) is 26.2 Å². The topological polar surface area (TPSA) is 78.9 Å². The molecule has 22 heavy (non-hydrogen) atoms. The number of rotatable bonds is 8. The molecule has 0 aromatic heterocycles. The lowest BCUT2D eigenvalue weighted by molar-refractivity contribution is -0.143. The normalized spacial score (nSPS) is 16.9. The lowest BCUT2D eigenvalue weighted by Crippen LogP contribution is -2.51. The van der Waals surface area contributed by atoms with Gasteiger partial charge in [0.05, 0.1) is 25.7 Å². The fraction of sp³-hybridized carbons (Fsp3) is 0.875. The van der Waals surface area contributed by atoms with E-state index in [1.807, 2.05) is 6.92 Å². The van der Waals surface area contributed by atoms with Crippen molar-refractivity contribution < 1.29 is 19.4 Å². The fourth-order valence-electron chi connectivity index (χ4n) is 2.85. The van der Waals surface area contributed by atoms with E-state index in [0.29, 0.717) is 13.0 Å². The van der Waals surface area contributed by atoms with Gasteiger partial charge < -0.3 is 20.1 Å². The van der Waals surface area contributed by atoms with Crippen molar-refractivity contribution in [3.63, 3.8) is 0 Å². The number of hydrogen-bond donors (Lipinski definition) is 2. The van der Waals surface area contributed by atoms with Gasteiger partial charge in [0.1, 0.15) is 0 Å². The first-order chi connectivity index (χ1) is 10.6. The minimum Gasteiger partial charge on any atom is -0.466 e. The average Bonchev–Trinajstić information content (AvgIpc) is 2.52. The van der Waals surface area contributed by atoms with Crippen molar-refractivity contribution in [2.45, 2.75) is 70.9 Å². The highest BCUT2D eigenvalue weighted by Gasteiger charge is 2.25. The van der Waals surface area contributed by atoms with Crippen molar-refractivity contribution in [1.29, 1.82) is 0 Å². The summed E-state index contributed by atoms with van der Waals surface area (Å²) in [5.74, 6) is -0.314. The van der Waals surface area contributed by atoms with Gasteiger partial charge in [-0.05, 0) is 26.2 Å². The molecule has 0 aromatic carbocycles. The van der Waals surface area contributed by atoms with Crippen molar-refractivity contribution in [3.05, 3.63) is 0 Å². The Bertz CT molecular complexity index is 339. The molecular weight excluding hydrogens is 284 g/mol. The Balaban J connectivity index is 2.58. The molecule has 1 aliphatic rings. The number of carbonyl (C=O) groups excluding carboxylic acids is 2. The summed E-state index contributed by atoms with van der Waals surface area (Å²) in [4.78, 5) is 25.6. The first-order valence-electron chi connectivity index (χ1n) is 8.45. The molecule has 2 N–H and O–H groups in total. The summed E-state index contributed by atoms with van der Waals surface area (Å²) in [6, 6.07) is -0.238. The largest absolute Gasteiger partial charge is 0.466 e. The molecule has 6 nitrogen and oxygen atoms in total. The molecule has 0 aromatic rings. The van der Waals surface area contributed by atoms with E-state index in [9.17, 15) is 14.7 Å². The predicted octanol–water partition coefficient (Wildman–Crippen LogP) is 2.05. The Kier molecular flexibility index (Phi) is 8.89. The zero-order valence-corrected chi connectivity index (χ0v) is 13.8. The van der Waals surface area contributed by atoms with Crippen molar-refractivity contribution in [2.24, 2.45) is 0 Å². The zero-order chi connectivity index (χ0) is 16.4. The van der Waals surface area contributed by atoms with Crippen molar-refractivity contribution in [1.82, 2.24) is 10.2 Å². The Labute approximate surface area is 133 Å². The van der Waals surface area contributed by atoms with Gasteiger partial charge in [-0.2, -0.15) is 0 Å². The number of nitrogens with zero attached hydrogens (tertiary/aromatic N) is 1. The average molecular weight is 314 g/mol.